The molecule has 0 spiro atoms. The largest absolute Gasteiger partial charge is 0.317 e. The fourth-order valence-electron chi connectivity index (χ4n) is 3.39. The van der Waals surface area contributed by atoms with Crippen molar-refractivity contribution in [1.82, 2.24) is 9.38 Å². The van der Waals surface area contributed by atoms with Crippen molar-refractivity contribution < 1.29 is 13.0 Å². The molecule has 0 aliphatic heterocycles. The summed E-state index contributed by atoms with van der Waals surface area (Å²) in [5.74, 6) is 0.0283. The van der Waals surface area contributed by atoms with Gasteiger partial charge in [0.1, 0.15) is 10.3 Å². The van der Waals surface area contributed by atoms with Crippen LogP contribution in [0, 0.1) is 20.8 Å². The van der Waals surface area contributed by atoms with Gasteiger partial charge in [0.25, 0.3) is 11.2 Å². The summed E-state index contributed by atoms with van der Waals surface area (Å²) in [4.78, 5) is 17.7. The van der Waals surface area contributed by atoms with Crippen LogP contribution in [0.3, 0.4) is 0 Å². The highest BCUT2D eigenvalue weighted by molar-refractivity contribution is 7.91. The van der Waals surface area contributed by atoms with Gasteiger partial charge < -0.3 is 5.73 Å². The van der Waals surface area contributed by atoms with Crippen molar-refractivity contribution in [1.29, 1.82) is 0 Å². The van der Waals surface area contributed by atoms with Gasteiger partial charge in [-0.15, -0.1) is 0 Å². The molecule has 8 heteroatoms. The first-order valence-electron chi connectivity index (χ1n) is 9.05. The first kappa shape index (κ1) is 19.1. The number of nitrogen functional groups attached to an aromatic ring is 1. The quantitative estimate of drug-likeness (QED) is 0.403. The topological polar surface area (TPSA) is 98.4 Å². The fraction of sp³-hybridized carbons (Fsp3) is 0.190. The molecule has 0 atom stereocenters. The van der Waals surface area contributed by atoms with E-state index < -0.39 is 9.84 Å². The Morgan fingerprint density at radius 2 is 1.76 bits per heavy atom. The first-order valence-corrected chi connectivity index (χ1v) is 10.5. The Morgan fingerprint density at radius 3 is 2.45 bits per heavy atom. The number of rotatable bonds is 2. The van der Waals surface area contributed by atoms with Gasteiger partial charge in [-0.3, -0.25) is 9.20 Å². The van der Waals surface area contributed by atoms with Crippen LogP contribution >= 0.6 is 0 Å². The van der Waals surface area contributed by atoms with Crippen LogP contribution in [-0.4, -0.2) is 17.8 Å². The molecule has 0 saturated heterocycles. The van der Waals surface area contributed by atoms with Gasteiger partial charge in [-0.1, -0.05) is 17.1 Å². The summed E-state index contributed by atoms with van der Waals surface area (Å²) < 4.78 is 29.5. The zero-order valence-electron chi connectivity index (χ0n) is 16.6. The Kier molecular flexibility index (Phi) is 4.20. The lowest BCUT2D eigenvalue weighted by Crippen LogP contribution is -2.38. The van der Waals surface area contributed by atoms with Crippen molar-refractivity contribution in [3.8, 4) is 0 Å². The molecule has 2 N–H and O–H groups in total. The maximum absolute atomic E-state index is 13.3. The van der Waals surface area contributed by atoms with E-state index in [-0.39, 0.29) is 26.6 Å². The minimum atomic E-state index is -3.92. The SMILES string of the molecule is Cc1ccc(S(=O)(=O)c2cc3c(=O)n4cccc(C)c4nc3[n+](C)c2N)cc1C. The second-order valence-electron chi connectivity index (χ2n) is 7.24. The monoisotopic (exact) mass is 409 g/mol. The number of nitrogens with zero attached hydrogens (tertiary/aromatic N) is 3. The van der Waals surface area contributed by atoms with Crippen LogP contribution in [0.4, 0.5) is 5.82 Å². The normalized spacial score (nSPS) is 12.0. The van der Waals surface area contributed by atoms with Crippen LogP contribution in [0.25, 0.3) is 16.7 Å². The number of hydrogen-bond donors (Lipinski definition) is 1. The number of nitrogens with two attached hydrogens (primary N) is 1. The third kappa shape index (κ3) is 2.79. The molecule has 0 saturated carbocycles. The summed E-state index contributed by atoms with van der Waals surface area (Å²) in [5.41, 5.74) is 9.38. The number of anilines is 1. The fourth-order valence-corrected chi connectivity index (χ4v) is 4.91. The van der Waals surface area contributed by atoms with Crippen LogP contribution in [0.1, 0.15) is 16.7 Å². The van der Waals surface area contributed by atoms with E-state index in [1.165, 1.54) is 15.0 Å². The lowest BCUT2D eigenvalue weighted by molar-refractivity contribution is -0.633. The predicted octanol–water partition coefficient (Wildman–Crippen LogP) is 2.01. The van der Waals surface area contributed by atoms with Crippen molar-refractivity contribution in [3.63, 3.8) is 0 Å². The van der Waals surface area contributed by atoms with Crippen LogP contribution in [0.15, 0.2) is 57.2 Å². The summed E-state index contributed by atoms with van der Waals surface area (Å²) in [7, 11) is -2.31. The molecule has 0 unspecified atom stereocenters. The van der Waals surface area contributed by atoms with Crippen molar-refractivity contribution in [3.05, 3.63) is 69.6 Å². The molecular formula is C21H21N4O3S+. The van der Waals surface area contributed by atoms with Crippen LogP contribution < -0.4 is 15.9 Å². The third-order valence-corrected chi connectivity index (χ3v) is 7.13. The van der Waals surface area contributed by atoms with E-state index in [0.717, 1.165) is 16.7 Å². The Hall–Kier alpha value is -3.26. The average Bonchev–Trinajstić information content (AvgIpc) is 2.68. The Morgan fingerprint density at radius 1 is 1.03 bits per heavy atom. The average molecular weight is 409 g/mol. The maximum Gasteiger partial charge on any atom is 0.278 e. The van der Waals surface area contributed by atoms with E-state index in [2.05, 4.69) is 4.98 Å². The lowest BCUT2D eigenvalue weighted by Gasteiger charge is -2.11. The number of hydrogen-bond acceptors (Lipinski definition) is 5. The van der Waals surface area contributed by atoms with Crippen molar-refractivity contribution >= 4 is 32.3 Å². The van der Waals surface area contributed by atoms with Gasteiger partial charge in [0, 0.05) is 11.8 Å². The van der Waals surface area contributed by atoms with Gasteiger partial charge in [0.15, 0.2) is 0 Å². The number of fused-ring (bicyclic) bond motifs is 2. The highest BCUT2D eigenvalue weighted by atomic mass is 32.2. The Labute approximate surface area is 168 Å². The summed E-state index contributed by atoms with van der Waals surface area (Å²) in [6.45, 7) is 5.62. The van der Waals surface area contributed by atoms with Crippen molar-refractivity contribution in [2.45, 2.75) is 30.6 Å². The molecule has 0 radical (unpaired) electrons. The summed E-state index contributed by atoms with van der Waals surface area (Å²) in [5, 5.41) is 0.187. The van der Waals surface area contributed by atoms with Gasteiger partial charge in [0.05, 0.1) is 11.9 Å². The van der Waals surface area contributed by atoms with Crippen LogP contribution in [0.5, 0.6) is 0 Å². The van der Waals surface area contributed by atoms with Gasteiger partial charge in [-0.25, -0.2) is 13.0 Å². The first-order chi connectivity index (χ1) is 13.6. The third-order valence-electron chi connectivity index (χ3n) is 5.35. The van der Waals surface area contributed by atoms with E-state index in [1.807, 2.05) is 26.8 Å². The standard InChI is InChI=1S/C21H20N4O3S/c1-12-7-8-15(10-14(12)3)29(27,28)17-11-16-20(24(4)18(17)22)23-19-13(2)6-5-9-25(19)21(16)26/h5-11,22H,1-4H3/p+1. The van der Waals surface area contributed by atoms with E-state index in [0.29, 0.717) is 11.3 Å². The van der Waals surface area contributed by atoms with Gasteiger partial charge in [-0.05, 0) is 56.2 Å². The molecule has 7 nitrogen and oxygen atoms in total. The molecule has 0 fully saturated rings. The van der Waals surface area contributed by atoms with Crippen molar-refractivity contribution in [2.24, 2.45) is 7.05 Å². The number of benzene rings is 1. The second kappa shape index (κ2) is 6.38. The minimum Gasteiger partial charge on any atom is -0.317 e. The predicted molar refractivity (Wildman–Crippen MR) is 111 cm³/mol. The van der Waals surface area contributed by atoms with Gasteiger partial charge in [-0.2, -0.15) is 0 Å². The molecule has 0 aliphatic carbocycles. The van der Waals surface area contributed by atoms with Crippen molar-refractivity contribution in [2.75, 3.05) is 5.73 Å². The van der Waals surface area contributed by atoms with E-state index >= 15 is 0 Å². The number of sulfone groups is 1. The van der Waals surface area contributed by atoms with Crippen LogP contribution in [-0.2, 0) is 16.9 Å². The highest BCUT2D eigenvalue weighted by Crippen LogP contribution is 2.27. The van der Waals surface area contributed by atoms with E-state index in [4.69, 9.17) is 5.73 Å². The summed E-state index contributed by atoms with van der Waals surface area (Å²) in [6, 6.07) is 9.86. The summed E-state index contributed by atoms with van der Waals surface area (Å²) in [6.07, 6.45) is 1.62. The smallest absolute Gasteiger partial charge is 0.278 e. The summed E-state index contributed by atoms with van der Waals surface area (Å²) >= 11 is 0. The van der Waals surface area contributed by atoms with E-state index in [9.17, 15) is 13.2 Å². The molecule has 148 valence electrons. The maximum atomic E-state index is 13.3. The Bertz CT molecular complexity index is 1490. The molecule has 0 aliphatic rings. The molecule has 29 heavy (non-hydrogen) atoms. The molecule has 3 heterocycles. The second-order valence-corrected chi connectivity index (χ2v) is 9.16. The number of pyridine rings is 2. The molecule has 3 aromatic heterocycles. The van der Waals surface area contributed by atoms with Gasteiger partial charge in [0.2, 0.25) is 21.3 Å². The van der Waals surface area contributed by atoms with Crippen LogP contribution in [0.2, 0.25) is 0 Å². The zero-order chi connectivity index (χ0) is 21.1. The molecular weight excluding hydrogens is 388 g/mol. The Balaban J connectivity index is 2.10. The lowest BCUT2D eigenvalue weighted by atomic mass is 10.1. The minimum absolute atomic E-state index is 0.0283. The molecule has 4 aromatic rings. The molecule has 4 rings (SSSR count). The van der Waals surface area contributed by atoms with E-state index in [1.54, 1.807) is 37.5 Å². The number of aryl methyl sites for hydroxylation is 4. The zero-order valence-corrected chi connectivity index (χ0v) is 17.4. The molecule has 0 amide bonds. The molecule has 0 bridgehead atoms. The molecule has 1 aromatic carbocycles. The number of aromatic nitrogens is 3. The highest BCUT2D eigenvalue weighted by Gasteiger charge is 2.28. The van der Waals surface area contributed by atoms with Gasteiger partial charge >= 0.3 is 0 Å².